The summed E-state index contributed by atoms with van der Waals surface area (Å²) in [5.41, 5.74) is 1.19. The molecule has 2 rings (SSSR count). The molecule has 0 N–H and O–H groups in total. The third-order valence-electron chi connectivity index (χ3n) is 2.91. The molecule has 0 atom stereocenters. The first-order chi connectivity index (χ1) is 9.21. The number of aromatic nitrogens is 2. The number of halogens is 3. The molecule has 1 aromatic heterocycles. The fraction of sp³-hybridized carbons (Fsp3) is 0.250. The zero-order chi connectivity index (χ0) is 15.1. The van der Waals surface area contributed by atoms with Crippen LogP contribution in [0.2, 0.25) is 5.02 Å². The van der Waals surface area contributed by atoms with Crippen molar-refractivity contribution >= 4 is 31.3 Å². The van der Waals surface area contributed by atoms with Crippen LogP contribution in [0.25, 0.3) is 0 Å². The van der Waals surface area contributed by atoms with E-state index in [9.17, 15) is 12.8 Å². The highest BCUT2D eigenvalue weighted by Gasteiger charge is 2.22. The van der Waals surface area contributed by atoms with E-state index in [2.05, 4.69) is 5.10 Å². The van der Waals surface area contributed by atoms with Gasteiger partial charge in [0.1, 0.15) is 10.7 Å². The molecular formula is C12H11Cl2FN2O2S. The van der Waals surface area contributed by atoms with E-state index in [0.717, 1.165) is 0 Å². The highest BCUT2D eigenvalue weighted by Crippen LogP contribution is 2.25. The van der Waals surface area contributed by atoms with E-state index in [1.165, 1.54) is 16.8 Å². The van der Waals surface area contributed by atoms with Crippen molar-refractivity contribution in [3.05, 3.63) is 46.0 Å². The molecule has 1 heterocycles. The summed E-state index contributed by atoms with van der Waals surface area (Å²) in [6.45, 7) is 3.30. The monoisotopic (exact) mass is 336 g/mol. The van der Waals surface area contributed by atoms with Crippen LogP contribution in [0.1, 0.15) is 17.0 Å². The van der Waals surface area contributed by atoms with Gasteiger partial charge in [0.05, 0.1) is 23.0 Å². The fourth-order valence-corrected chi connectivity index (χ4v) is 3.73. The molecule has 0 aliphatic carbocycles. The van der Waals surface area contributed by atoms with Crippen molar-refractivity contribution in [3.63, 3.8) is 0 Å². The van der Waals surface area contributed by atoms with Crippen LogP contribution in [0.15, 0.2) is 23.1 Å². The van der Waals surface area contributed by atoms with Gasteiger partial charge in [-0.1, -0.05) is 23.7 Å². The molecule has 0 spiro atoms. The summed E-state index contributed by atoms with van der Waals surface area (Å²) < 4.78 is 37.8. The van der Waals surface area contributed by atoms with Gasteiger partial charge in [-0.3, -0.25) is 4.68 Å². The first-order valence-corrected chi connectivity index (χ1v) is 8.32. The summed E-state index contributed by atoms with van der Waals surface area (Å²) in [4.78, 5) is -0.0216. The second kappa shape index (κ2) is 5.35. The predicted molar refractivity (Wildman–Crippen MR) is 75.3 cm³/mol. The highest BCUT2D eigenvalue weighted by molar-refractivity contribution is 8.13. The molecule has 2 aromatic rings. The number of benzene rings is 1. The van der Waals surface area contributed by atoms with Gasteiger partial charge >= 0.3 is 0 Å². The van der Waals surface area contributed by atoms with Crippen LogP contribution in [-0.4, -0.2) is 18.2 Å². The Hall–Kier alpha value is -1.11. The SMILES string of the molecule is Cc1nn(Cc2cccc(F)c2Cl)c(C)c1S(=O)(=O)Cl. The van der Waals surface area contributed by atoms with E-state index in [1.807, 2.05) is 0 Å². The smallest absolute Gasteiger partial charge is 0.264 e. The zero-order valence-electron chi connectivity index (χ0n) is 10.7. The van der Waals surface area contributed by atoms with Crippen molar-refractivity contribution in [1.29, 1.82) is 0 Å². The molecule has 0 aliphatic heterocycles. The molecule has 0 bridgehead atoms. The normalized spacial score (nSPS) is 11.8. The summed E-state index contributed by atoms with van der Waals surface area (Å²) in [6.07, 6.45) is 0. The van der Waals surface area contributed by atoms with Gasteiger partial charge in [0.2, 0.25) is 0 Å². The minimum Gasteiger partial charge on any atom is -0.264 e. The second-order valence-corrected chi connectivity index (χ2v) is 7.19. The van der Waals surface area contributed by atoms with Crippen molar-refractivity contribution in [2.75, 3.05) is 0 Å². The van der Waals surface area contributed by atoms with Gasteiger partial charge in [0.15, 0.2) is 0 Å². The van der Waals surface area contributed by atoms with Crippen molar-refractivity contribution in [2.24, 2.45) is 0 Å². The van der Waals surface area contributed by atoms with Crippen LogP contribution in [0, 0.1) is 19.7 Å². The molecule has 0 fully saturated rings. The van der Waals surface area contributed by atoms with Gasteiger partial charge < -0.3 is 0 Å². The largest absolute Gasteiger partial charge is 0.264 e. The maximum Gasteiger partial charge on any atom is 0.264 e. The molecule has 0 radical (unpaired) electrons. The van der Waals surface area contributed by atoms with Crippen LogP contribution < -0.4 is 0 Å². The quantitative estimate of drug-likeness (QED) is 0.808. The zero-order valence-corrected chi connectivity index (χ0v) is 13.0. The van der Waals surface area contributed by atoms with Crippen molar-refractivity contribution in [3.8, 4) is 0 Å². The highest BCUT2D eigenvalue weighted by atomic mass is 35.7. The Kier molecular flexibility index (Phi) is 4.09. The summed E-state index contributed by atoms with van der Waals surface area (Å²) in [7, 11) is 1.50. The summed E-state index contributed by atoms with van der Waals surface area (Å²) in [6, 6.07) is 4.43. The first kappa shape index (κ1) is 15.3. The number of nitrogens with zero attached hydrogens (tertiary/aromatic N) is 2. The number of aryl methyl sites for hydroxylation is 1. The van der Waals surface area contributed by atoms with Crippen LogP contribution in [0.5, 0.6) is 0 Å². The van der Waals surface area contributed by atoms with E-state index in [-0.39, 0.29) is 16.5 Å². The number of hydrogen-bond acceptors (Lipinski definition) is 3. The van der Waals surface area contributed by atoms with E-state index < -0.39 is 14.9 Å². The number of rotatable bonds is 3. The van der Waals surface area contributed by atoms with Gasteiger partial charge in [0, 0.05) is 10.7 Å². The van der Waals surface area contributed by atoms with E-state index in [4.69, 9.17) is 22.3 Å². The molecular weight excluding hydrogens is 326 g/mol. The molecule has 0 saturated heterocycles. The minimum absolute atomic E-state index is 0.00432. The molecule has 108 valence electrons. The average molecular weight is 337 g/mol. The van der Waals surface area contributed by atoms with E-state index in [0.29, 0.717) is 17.0 Å². The third-order valence-corrected chi connectivity index (χ3v) is 4.88. The van der Waals surface area contributed by atoms with Crippen LogP contribution in [0.3, 0.4) is 0 Å². The predicted octanol–water partition coefficient (Wildman–Crippen LogP) is 3.27. The Labute approximate surface area is 125 Å². The lowest BCUT2D eigenvalue weighted by Gasteiger charge is -2.07. The minimum atomic E-state index is -3.87. The Balaban J connectivity index is 2.49. The lowest BCUT2D eigenvalue weighted by molar-refractivity contribution is 0.606. The standard InChI is InChI=1S/C12H11Cl2FN2O2S/c1-7-12(20(14,18)19)8(2)17(16-7)6-9-4-3-5-10(15)11(9)13/h3-5H,6H2,1-2H3. The van der Waals surface area contributed by atoms with E-state index in [1.54, 1.807) is 19.9 Å². The molecule has 4 nitrogen and oxygen atoms in total. The van der Waals surface area contributed by atoms with E-state index >= 15 is 0 Å². The van der Waals surface area contributed by atoms with Crippen LogP contribution in [-0.2, 0) is 15.6 Å². The Morgan fingerprint density at radius 2 is 2.00 bits per heavy atom. The third kappa shape index (κ3) is 2.82. The maximum absolute atomic E-state index is 13.4. The second-order valence-electron chi connectivity index (χ2n) is 4.31. The van der Waals surface area contributed by atoms with Crippen LogP contribution >= 0.6 is 22.3 Å². The van der Waals surface area contributed by atoms with Gasteiger partial charge in [-0.15, -0.1) is 0 Å². The Morgan fingerprint density at radius 3 is 2.55 bits per heavy atom. The lowest BCUT2D eigenvalue weighted by Crippen LogP contribution is -2.06. The maximum atomic E-state index is 13.4. The van der Waals surface area contributed by atoms with Crippen LogP contribution in [0.4, 0.5) is 4.39 Å². The first-order valence-electron chi connectivity index (χ1n) is 5.63. The number of hydrogen-bond donors (Lipinski definition) is 0. The molecule has 0 aliphatic rings. The van der Waals surface area contributed by atoms with Gasteiger partial charge in [-0.25, -0.2) is 12.8 Å². The van der Waals surface area contributed by atoms with Crippen molar-refractivity contribution in [1.82, 2.24) is 9.78 Å². The lowest BCUT2D eigenvalue weighted by atomic mass is 10.2. The molecule has 0 saturated carbocycles. The fourth-order valence-electron chi connectivity index (χ4n) is 2.02. The molecule has 1 aromatic carbocycles. The average Bonchev–Trinajstić information content (AvgIpc) is 2.59. The van der Waals surface area contributed by atoms with Gasteiger partial charge in [0.25, 0.3) is 9.05 Å². The summed E-state index contributed by atoms with van der Waals surface area (Å²) in [5, 5.41) is 4.11. The van der Waals surface area contributed by atoms with Gasteiger partial charge in [-0.2, -0.15) is 5.10 Å². The summed E-state index contributed by atoms with van der Waals surface area (Å²) in [5.74, 6) is -0.532. The van der Waals surface area contributed by atoms with Gasteiger partial charge in [-0.05, 0) is 25.5 Å². The Morgan fingerprint density at radius 1 is 1.35 bits per heavy atom. The molecule has 20 heavy (non-hydrogen) atoms. The molecule has 0 amide bonds. The molecule has 0 unspecified atom stereocenters. The topological polar surface area (TPSA) is 52.0 Å². The Bertz CT molecular complexity index is 772. The summed E-state index contributed by atoms with van der Waals surface area (Å²) >= 11 is 5.87. The molecule has 8 heteroatoms. The van der Waals surface area contributed by atoms with Crippen molar-refractivity contribution < 1.29 is 12.8 Å². The van der Waals surface area contributed by atoms with Crippen molar-refractivity contribution in [2.45, 2.75) is 25.3 Å².